The largest absolute Gasteiger partial charge is 0.346 e. The highest BCUT2D eigenvalue weighted by Gasteiger charge is 2.25. The Labute approximate surface area is 97.9 Å². The van der Waals surface area contributed by atoms with E-state index in [0.717, 1.165) is 25.7 Å². The SMILES string of the molecule is O=C(NC1CCCCC1Cl)c1cscn1. The van der Waals surface area contributed by atoms with Crippen molar-refractivity contribution in [1.82, 2.24) is 10.3 Å². The zero-order valence-corrected chi connectivity index (χ0v) is 9.85. The number of alkyl halides is 1. The lowest BCUT2D eigenvalue weighted by Crippen LogP contribution is -2.42. The molecule has 0 aliphatic heterocycles. The monoisotopic (exact) mass is 244 g/mol. The molecule has 5 heteroatoms. The smallest absolute Gasteiger partial charge is 0.271 e. The van der Waals surface area contributed by atoms with Gasteiger partial charge >= 0.3 is 0 Å². The molecule has 1 saturated carbocycles. The summed E-state index contributed by atoms with van der Waals surface area (Å²) in [5, 5.41) is 4.77. The highest BCUT2D eigenvalue weighted by Crippen LogP contribution is 2.23. The molecule has 0 bridgehead atoms. The number of nitrogens with zero attached hydrogens (tertiary/aromatic N) is 1. The normalized spacial score (nSPS) is 26.2. The average molecular weight is 245 g/mol. The fraction of sp³-hybridized carbons (Fsp3) is 0.600. The fourth-order valence-electron chi connectivity index (χ4n) is 1.82. The van der Waals surface area contributed by atoms with Crippen LogP contribution in [-0.4, -0.2) is 22.3 Å². The van der Waals surface area contributed by atoms with Gasteiger partial charge in [0.15, 0.2) is 0 Å². The molecule has 1 fully saturated rings. The summed E-state index contributed by atoms with van der Waals surface area (Å²) in [6.45, 7) is 0. The first kappa shape index (κ1) is 10.9. The third kappa shape index (κ3) is 2.69. The Morgan fingerprint density at radius 3 is 3.00 bits per heavy atom. The van der Waals surface area contributed by atoms with Crippen molar-refractivity contribution >= 4 is 28.8 Å². The van der Waals surface area contributed by atoms with Crippen LogP contribution in [0.15, 0.2) is 10.9 Å². The summed E-state index contributed by atoms with van der Waals surface area (Å²) >= 11 is 7.58. The van der Waals surface area contributed by atoms with Crippen molar-refractivity contribution in [2.75, 3.05) is 0 Å². The van der Waals surface area contributed by atoms with Gasteiger partial charge in [-0.3, -0.25) is 4.79 Å². The number of carbonyl (C=O) groups excluding carboxylic acids is 1. The number of rotatable bonds is 2. The van der Waals surface area contributed by atoms with Crippen LogP contribution in [0, 0.1) is 0 Å². The van der Waals surface area contributed by atoms with Gasteiger partial charge in [-0.05, 0) is 12.8 Å². The minimum absolute atomic E-state index is 0.0707. The predicted molar refractivity (Wildman–Crippen MR) is 61.5 cm³/mol. The Hall–Kier alpha value is -0.610. The summed E-state index contributed by atoms with van der Waals surface area (Å²) in [6, 6.07) is 0.106. The van der Waals surface area contributed by atoms with Crippen molar-refractivity contribution in [3.63, 3.8) is 0 Å². The lowest BCUT2D eigenvalue weighted by molar-refractivity contribution is 0.0924. The summed E-state index contributed by atoms with van der Waals surface area (Å²) in [5.74, 6) is -0.103. The van der Waals surface area contributed by atoms with Gasteiger partial charge in [0, 0.05) is 11.4 Å². The van der Waals surface area contributed by atoms with E-state index in [1.54, 1.807) is 10.9 Å². The maximum absolute atomic E-state index is 11.7. The summed E-state index contributed by atoms with van der Waals surface area (Å²) < 4.78 is 0. The van der Waals surface area contributed by atoms with Gasteiger partial charge in [0.25, 0.3) is 5.91 Å². The van der Waals surface area contributed by atoms with Crippen LogP contribution in [0.25, 0.3) is 0 Å². The number of carbonyl (C=O) groups is 1. The second-order valence-electron chi connectivity index (χ2n) is 3.75. The molecule has 1 N–H and O–H groups in total. The second kappa shape index (κ2) is 4.94. The van der Waals surface area contributed by atoms with Gasteiger partial charge in [-0.25, -0.2) is 4.98 Å². The van der Waals surface area contributed by atoms with Gasteiger partial charge in [0.05, 0.1) is 10.9 Å². The van der Waals surface area contributed by atoms with Crippen LogP contribution in [0.4, 0.5) is 0 Å². The molecule has 82 valence electrons. The molecule has 1 aliphatic carbocycles. The lowest BCUT2D eigenvalue weighted by atomic mass is 9.95. The van der Waals surface area contributed by atoms with Crippen molar-refractivity contribution in [1.29, 1.82) is 0 Å². The minimum atomic E-state index is -0.103. The Balaban J connectivity index is 1.93. The molecule has 2 atom stereocenters. The Kier molecular flexibility index (Phi) is 3.59. The molecule has 1 heterocycles. The number of aromatic nitrogens is 1. The lowest BCUT2D eigenvalue weighted by Gasteiger charge is -2.27. The first-order valence-corrected chi connectivity index (χ1v) is 6.48. The summed E-state index contributed by atoms with van der Waals surface area (Å²) in [5.41, 5.74) is 2.16. The minimum Gasteiger partial charge on any atom is -0.346 e. The molecule has 0 spiro atoms. The van der Waals surface area contributed by atoms with Gasteiger partial charge in [0.1, 0.15) is 5.69 Å². The van der Waals surface area contributed by atoms with Crippen LogP contribution < -0.4 is 5.32 Å². The van der Waals surface area contributed by atoms with Gasteiger partial charge in [0.2, 0.25) is 0 Å². The van der Waals surface area contributed by atoms with Crippen LogP contribution >= 0.6 is 22.9 Å². The molecule has 3 nitrogen and oxygen atoms in total. The highest BCUT2D eigenvalue weighted by molar-refractivity contribution is 7.07. The fourth-order valence-corrected chi connectivity index (χ4v) is 2.69. The van der Waals surface area contributed by atoms with E-state index in [1.807, 2.05) is 0 Å². The quantitative estimate of drug-likeness (QED) is 0.812. The van der Waals surface area contributed by atoms with E-state index >= 15 is 0 Å². The molecular weight excluding hydrogens is 232 g/mol. The molecule has 0 aromatic carbocycles. The third-order valence-electron chi connectivity index (χ3n) is 2.66. The molecule has 2 unspecified atom stereocenters. The van der Waals surface area contributed by atoms with Crippen molar-refractivity contribution in [2.45, 2.75) is 37.1 Å². The molecule has 0 saturated heterocycles. The van der Waals surface area contributed by atoms with E-state index in [-0.39, 0.29) is 17.3 Å². The summed E-state index contributed by atoms with van der Waals surface area (Å²) in [4.78, 5) is 15.7. The van der Waals surface area contributed by atoms with Gasteiger partial charge in [-0.1, -0.05) is 12.8 Å². The van der Waals surface area contributed by atoms with E-state index in [0.29, 0.717) is 5.69 Å². The van der Waals surface area contributed by atoms with Crippen molar-refractivity contribution in [3.05, 3.63) is 16.6 Å². The molecular formula is C10H13ClN2OS. The van der Waals surface area contributed by atoms with Crippen molar-refractivity contribution < 1.29 is 4.79 Å². The molecule has 1 aromatic heterocycles. The first-order chi connectivity index (χ1) is 7.27. The number of thiazole rings is 1. The Bertz CT molecular complexity index is 328. The van der Waals surface area contributed by atoms with Crippen molar-refractivity contribution in [2.24, 2.45) is 0 Å². The van der Waals surface area contributed by atoms with Crippen LogP contribution in [0.5, 0.6) is 0 Å². The Morgan fingerprint density at radius 1 is 1.53 bits per heavy atom. The number of hydrogen-bond acceptors (Lipinski definition) is 3. The van der Waals surface area contributed by atoms with Crippen LogP contribution in [0.1, 0.15) is 36.2 Å². The highest BCUT2D eigenvalue weighted by atomic mass is 35.5. The molecule has 15 heavy (non-hydrogen) atoms. The predicted octanol–water partition coefficient (Wildman–Crippen LogP) is 2.42. The molecule has 1 aliphatic rings. The van der Waals surface area contributed by atoms with Gasteiger partial charge < -0.3 is 5.32 Å². The van der Waals surface area contributed by atoms with Crippen LogP contribution in [0.2, 0.25) is 0 Å². The average Bonchev–Trinajstić information content (AvgIpc) is 2.74. The molecule has 1 aromatic rings. The van der Waals surface area contributed by atoms with E-state index in [2.05, 4.69) is 10.3 Å². The number of hydrogen-bond donors (Lipinski definition) is 1. The number of amides is 1. The van der Waals surface area contributed by atoms with Crippen LogP contribution in [-0.2, 0) is 0 Å². The van der Waals surface area contributed by atoms with E-state index < -0.39 is 0 Å². The molecule has 2 rings (SSSR count). The van der Waals surface area contributed by atoms with Crippen molar-refractivity contribution in [3.8, 4) is 0 Å². The zero-order chi connectivity index (χ0) is 10.7. The first-order valence-electron chi connectivity index (χ1n) is 5.10. The van der Waals surface area contributed by atoms with Gasteiger partial charge in [-0.15, -0.1) is 22.9 Å². The number of nitrogens with one attached hydrogen (secondary N) is 1. The van der Waals surface area contributed by atoms with E-state index in [4.69, 9.17) is 11.6 Å². The van der Waals surface area contributed by atoms with E-state index in [1.165, 1.54) is 11.3 Å². The summed E-state index contributed by atoms with van der Waals surface area (Å²) in [7, 11) is 0. The maximum Gasteiger partial charge on any atom is 0.271 e. The Morgan fingerprint density at radius 2 is 2.33 bits per heavy atom. The van der Waals surface area contributed by atoms with Gasteiger partial charge in [-0.2, -0.15) is 0 Å². The number of halogens is 1. The molecule has 1 amide bonds. The topological polar surface area (TPSA) is 42.0 Å². The standard InChI is InChI=1S/C10H13ClN2OS/c11-7-3-1-2-4-8(7)13-10(14)9-5-15-6-12-9/h5-8H,1-4H2,(H,13,14). The second-order valence-corrected chi connectivity index (χ2v) is 5.03. The maximum atomic E-state index is 11.7. The molecule has 0 radical (unpaired) electrons. The zero-order valence-electron chi connectivity index (χ0n) is 8.28. The van der Waals surface area contributed by atoms with Crippen LogP contribution in [0.3, 0.4) is 0 Å². The third-order valence-corrected chi connectivity index (χ3v) is 3.77. The summed E-state index contributed by atoms with van der Waals surface area (Å²) in [6.07, 6.45) is 4.27. The van der Waals surface area contributed by atoms with E-state index in [9.17, 15) is 4.79 Å².